The van der Waals surface area contributed by atoms with E-state index in [9.17, 15) is 5.11 Å². The minimum absolute atomic E-state index is 0.585. The van der Waals surface area contributed by atoms with E-state index in [4.69, 9.17) is 9.47 Å². The van der Waals surface area contributed by atoms with E-state index < -0.39 is 5.60 Å². The van der Waals surface area contributed by atoms with Crippen LogP contribution in [0.15, 0.2) is 0 Å². The molecule has 0 heterocycles. The fourth-order valence-corrected chi connectivity index (χ4v) is 1.84. The van der Waals surface area contributed by atoms with Crippen molar-refractivity contribution in [2.45, 2.75) is 46.1 Å². The Morgan fingerprint density at radius 2 is 1.33 bits per heavy atom. The van der Waals surface area contributed by atoms with E-state index in [1.165, 1.54) is 0 Å². The van der Waals surface area contributed by atoms with Crippen LogP contribution in [0.3, 0.4) is 0 Å². The third-order valence-corrected chi connectivity index (χ3v) is 3.35. The summed E-state index contributed by atoms with van der Waals surface area (Å²) in [5.41, 5.74) is -0.585. The first-order chi connectivity index (χ1) is 8.61. The molecule has 0 rings (SSSR count). The van der Waals surface area contributed by atoms with E-state index in [1.54, 1.807) is 0 Å². The summed E-state index contributed by atoms with van der Waals surface area (Å²) >= 11 is 0. The van der Waals surface area contributed by atoms with Gasteiger partial charge in [0.05, 0.1) is 18.8 Å². The molecule has 0 saturated heterocycles. The molecule has 4 heteroatoms. The predicted octanol–water partition coefficient (Wildman–Crippen LogP) is 1.91. The van der Waals surface area contributed by atoms with Crippen LogP contribution in [0.2, 0.25) is 0 Å². The van der Waals surface area contributed by atoms with E-state index in [0.29, 0.717) is 19.8 Å². The lowest BCUT2D eigenvalue weighted by molar-refractivity contribution is -0.0172. The summed E-state index contributed by atoms with van der Waals surface area (Å²) in [6.45, 7) is 13.4. The standard InChI is InChI=1S/C14H31NO3/c1-5-14(16,6-2)13-15(9-11-17-7-3)10-12-18-8-4/h16H,5-13H2,1-4H3. The lowest BCUT2D eigenvalue weighted by atomic mass is 9.97. The highest BCUT2D eigenvalue weighted by atomic mass is 16.5. The van der Waals surface area contributed by atoms with Gasteiger partial charge in [-0.15, -0.1) is 0 Å². The molecule has 0 aromatic carbocycles. The normalized spacial score (nSPS) is 12.3. The molecule has 0 fully saturated rings. The van der Waals surface area contributed by atoms with Crippen LogP contribution in [0, 0.1) is 0 Å². The van der Waals surface area contributed by atoms with Gasteiger partial charge in [-0.1, -0.05) is 13.8 Å². The second-order valence-electron chi connectivity index (χ2n) is 4.60. The van der Waals surface area contributed by atoms with E-state index in [0.717, 1.165) is 39.1 Å². The van der Waals surface area contributed by atoms with Gasteiger partial charge in [-0.3, -0.25) is 4.90 Å². The van der Waals surface area contributed by atoms with Crippen molar-refractivity contribution in [2.24, 2.45) is 0 Å². The summed E-state index contributed by atoms with van der Waals surface area (Å²) in [4.78, 5) is 2.23. The minimum atomic E-state index is -0.585. The monoisotopic (exact) mass is 261 g/mol. The molecule has 18 heavy (non-hydrogen) atoms. The van der Waals surface area contributed by atoms with E-state index in [2.05, 4.69) is 4.90 Å². The minimum Gasteiger partial charge on any atom is -0.389 e. The summed E-state index contributed by atoms with van der Waals surface area (Å²) in [7, 11) is 0. The molecule has 0 bridgehead atoms. The van der Waals surface area contributed by atoms with Crippen LogP contribution < -0.4 is 0 Å². The highest BCUT2D eigenvalue weighted by Gasteiger charge is 2.25. The Morgan fingerprint density at radius 3 is 1.67 bits per heavy atom. The molecule has 1 N–H and O–H groups in total. The molecule has 0 saturated carbocycles. The third kappa shape index (κ3) is 8.03. The number of hydrogen-bond donors (Lipinski definition) is 1. The molecule has 0 aliphatic rings. The summed E-state index contributed by atoms with van der Waals surface area (Å²) in [5, 5.41) is 10.4. The van der Waals surface area contributed by atoms with E-state index in [1.807, 2.05) is 27.7 Å². The lowest BCUT2D eigenvalue weighted by Gasteiger charge is -2.33. The van der Waals surface area contributed by atoms with E-state index >= 15 is 0 Å². The van der Waals surface area contributed by atoms with Crippen molar-refractivity contribution >= 4 is 0 Å². The Morgan fingerprint density at radius 1 is 0.889 bits per heavy atom. The molecule has 0 spiro atoms. The SMILES string of the molecule is CCOCCN(CCOCC)CC(O)(CC)CC. The summed E-state index contributed by atoms with van der Waals surface area (Å²) in [6, 6.07) is 0. The van der Waals surface area contributed by atoms with Crippen LogP contribution in [0.1, 0.15) is 40.5 Å². The lowest BCUT2D eigenvalue weighted by Crippen LogP contribution is -2.44. The Balaban J connectivity index is 4.16. The summed E-state index contributed by atoms with van der Waals surface area (Å²) in [6.07, 6.45) is 1.56. The smallest absolute Gasteiger partial charge is 0.0768 e. The molecule has 0 unspecified atom stereocenters. The second-order valence-corrected chi connectivity index (χ2v) is 4.60. The molecular weight excluding hydrogens is 230 g/mol. The van der Waals surface area contributed by atoms with Gasteiger partial charge in [-0.05, 0) is 26.7 Å². The summed E-state index contributed by atoms with van der Waals surface area (Å²) in [5.74, 6) is 0. The molecule has 110 valence electrons. The Bertz CT molecular complexity index is 174. The maximum Gasteiger partial charge on any atom is 0.0768 e. The first-order valence-corrected chi connectivity index (χ1v) is 7.22. The predicted molar refractivity (Wildman–Crippen MR) is 75.0 cm³/mol. The average molecular weight is 261 g/mol. The number of hydrogen-bond acceptors (Lipinski definition) is 4. The van der Waals surface area contributed by atoms with Crippen LogP contribution in [0.5, 0.6) is 0 Å². The third-order valence-electron chi connectivity index (χ3n) is 3.35. The Labute approximate surface area is 112 Å². The van der Waals surface area contributed by atoms with Crippen molar-refractivity contribution in [2.75, 3.05) is 46.1 Å². The molecule has 4 nitrogen and oxygen atoms in total. The topological polar surface area (TPSA) is 41.9 Å². The zero-order chi connectivity index (χ0) is 13.9. The van der Waals surface area contributed by atoms with Crippen molar-refractivity contribution < 1.29 is 14.6 Å². The fourth-order valence-electron chi connectivity index (χ4n) is 1.84. The van der Waals surface area contributed by atoms with Gasteiger partial charge in [0.2, 0.25) is 0 Å². The second kappa shape index (κ2) is 10.7. The molecule has 0 aromatic rings. The molecular formula is C14H31NO3. The first kappa shape index (κ1) is 17.8. The Hall–Kier alpha value is -0.160. The molecule has 0 aromatic heterocycles. The zero-order valence-corrected chi connectivity index (χ0v) is 12.6. The van der Waals surface area contributed by atoms with Crippen molar-refractivity contribution in [3.63, 3.8) is 0 Å². The van der Waals surface area contributed by atoms with Gasteiger partial charge in [0, 0.05) is 32.8 Å². The number of nitrogens with zero attached hydrogens (tertiary/aromatic N) is 1. The highest BCUT2D eigenvalue weighted by molar-refractivity contribution is 4.79. The van der Waals surface area contributed by atoms with Crippen molar-refractivity contribution in [1.82, 2.24) is 4.90 Å². The van der Waals surface area contributed by atoms with Gasteiger partial charge < -0.3 is 14.6 Å². The van der Waals surface area contributed by atoms with E-state index in [-0.39, 0.29) is 0 Å². The van der Waals surface area contributed by atoms with Crippen LogP contribution in [0.4, 0.5) is 0 Å². The molecule has 0 radical (unpaired) electrons. The fraction of sp³-hybridized carbons (Fsp3) is 1.00. The number of ether oxygens (including phenoxy) is 2. The zero-order valence-electron chi connectivity index (χ0n) is 12.6. The highest BCUT2D eigenvalue weighted by Crippen LogP contribution is 2.16. The molecule has 0 amide bonds. The quantitative estimate of drug-likeness (QED) is 0.545. The van der Waals surface area contributed by atoms with Crippen molar-refractivity contribution in [3.05, 3.63) is 0 Å². The first-order valence-electron chi connectivity index (χ1n) is 7.22. The summed E-state index contributed by atoms with van der Waals surface area (Å²) < 4.78 is 10.8. The largest absolute Gasteiger partial charge is 0.389 e. The van der Waals surface area contributed by atoms with Crippen molar-refractivity contribution in [3.8, 4) is 0 Å². The van der Waals surface area contributed by atoms with Crippen LogP contribution in [0.25, 0.3) is 0 Å². The van der Waals surface area contributed by atoms with Crippen LogP contribution >= 0.6 is 0 Å². The maximum absolute atomic E-state index is 10.4. The van der Waals surface area contributed by atoms with Gasteiger partial charge in [-0.2, -0.15) is 0 Å². The number of rotatable bonds is 12. The van der Waals surface area contributed by atoms with Crippen LogP contribution in [-0.2, 0) is 9.47 Å². The number of aliphatic hydroxyl groups is 1. The molecule has 0 aliphatic carbocycles. The van der Waals surface area contributed by atoms with Gasteiger partial charge in [0.15, 0.2) is 0 Å². The Kier molecular flexibility index (Phi) is 10.6. The molecule has 0 atom stereocenters. The maximum atomic E-state index is 10.4. The average Bonchev–Trinajstić information content (AvgIpc) is 2.39. The van der Waals surface area contributed by atoms with Gasteiger partial charge in [0.25, 0.3) is 0 Å². The van der Waals surface area contributed by atoms with Gasteiger partial charge >= 0.3 is 0 Å². The van der Waals surface area contributed by atoms with Crippen molar-refractivity contribution in [1.29, 1.82) is 0 Å². The van der Waals surface area contributed by atoms with Crippen LogP contribution in [-0.4, -0.2) is 61.7 Å². The molecule has 0 aliphatic heterocycles. The van der Waals surface area contributed by atoms with Gasteiger partial charge in [-0.25, -0.2) is 0 Å². The van der Waals surface area contributed by atoms with Gasteiger partial charge in [0.1, 0.15) is 0 Å².